The van der Waals surface area contributed by atoms with Crippen LogP contribution in [0.3, 0.4) is 0 Å². The summed E-state index contributed by atoms with van der Waals surface area (Å²) in [6.07, 6.45) is 5.89. The van der Waals surface area contributed by atoms with Crippen molar-refractivity contribution in [2.45, 2.75) is 30.7 Å². The first-order chi connectivity index (χ1) is 16.5. The predicted molar refractivity (Wildman–Crippen MR) is 121 cm³/mol. The fraction of sp³-hybridized carbons (Fsp3) is 0.364. The van der Waals surface area contributed by atoms with Gasteiger partial charge in [0.1, 0.15) is 6.33 Å². The molecule has 4 rings (SSSR count). The van der Waals surface area contributed by atoms with Crippen LogP contribution in [0.25, 0.3) is 5.69 Å². The van der Waals surface area contributed by atoms with Crippen LogP contribution in [0.4, 0.5) is 0 Å². The van der Waals surface area contributed by atoms with E-state index in [1.54, 1.807) is 35.5 Å². The Morgan fingerprint density at radius 2 is 1.94 bits per heavy atom. The molecular weight excluding hydrogens is 456 g/mol. The molecule has 1 fully saturated rings. The van der Waals surface area contributed by atoms with Crippen LogP contribution in [-0.4, -0.2) is 68.4 Å². The predicted octanol–water partition coefficient (Wildman–Crippen LogP) is 1.40. The van der Waals surface area contributed by atoms with Gasteiger partial charge in [0, 0.05) is 44.5 Å². The normalized spacial score (nSPS) is 15.0. The highest BCUT2D eigenvalue weighted by Crippen LogP contribution is 2.26. The lowest BCUT2D eigenvalue weighted by molar-refractivity contribution is -0.137. The van der Waals surface area contributed by atoms with Gasteiger partial charge in [-0.15, -0.1) is 5.10 Å². The third kappa shape index (κ3) is 5.27. The lowest BCUT2D eigenvalue weighted by atomic mass is 9.96. The zero-order valence-corrected chi connectivity index (χ0v) is 19.3. The van der Waals surface area contributed by atoms with E-state index < -0.39 is 10.0 Å². The van der Waals surface area contributed by atoms with Crippen molar-refractivity contribution < 1.29 is 13.2 Å². The van der Waals surface area contributed by atoms with Crippen molar-refractivity contribution in [1.29, 1.82) is 5.26 Å². The summed E-state index contributed by atoms with van der Waals surface area (Å²) in [4.78, 5) is 19.1. The third-order valence-electron chi connectivity index (χ3n) is 5.79. The van der Waals surface area contributed by atoms with E-state index in [1.807, 2.05) is 6.07 Å². The number of tetrazole rings is 1. The number of carbonyl (C=O) groups excluding carboxylic acids is 1. The number of benzene rings is 1. The van der Waals surface area contributed by atoms with E-state index in [2.05, 4.69) is 26.6 Å². The van der Waals surface area contributed by atoms with E-state index in [9.17, 15) is 13.2 Å². The number of amides is 1. The first-order valence-corrected chi connectivity index (χ1v) is 12.3. The summed E-state index contributed by atoms with van der Waals surface area (Å²) >= 11 is 0. The molecule has 0 saturated carbocycles. The number of nitrogens with zero attached hydrogens (tertiary/aromatic N) is 8. The summed E-state index contributed by atoms with van der Waals surface area (Å²) in [5, 5.41) is 19.9. The van der Waals surface area contributed by atoms with Crippen molar-refractivity contribution in [3.05, 3.63) is 60.7 Å². The smallest absolute Gasteiger partial charge is 0.243 e. The highest BCUT2D eigenvalue weighted by Gasteiger charge is 2.33. The maximum Gasteiger partial charge on any atom is 0.243 e. The highest BCUT2D eigenvalue weighted by molar-refractivity contribution is 7.89. The van der Waals surface area contributed by atoms with Gasteiger partial charge in [-0.2, -0.15) is 9.57 Å². The average molecular weight is 481 g/mol. The molecule has 12 heteroatoms. The monoisotopic (exact) mass is 480 g/mol. The molecule has 0 bridgehead atoms. The summed E-state index contributed by atoms with van der Waals surface area (Å²) < 4.78 is 29.1. The van der Waals surface area contributed by atoms with Crippen LogP contribution >= 0.6 is 0 Å². The van der Waals surface area contributed by atoms with Crippen LogP contribution in [0.2, 0.25) is 0 Å². The average Bonchev–Trinajstić information content (AvgIpc) is 3.42. The quantitative estimate of drug-likeness (QED) is 0.472. The minimum Gasteiger partial charge on any atom is -0.337 e. The zero-order chi connectivity index (χ0) is 24.0. The Morgan fingerprint density at radius 3 is 2.56 bits per heavy atom. The molecule has 1 saturated heterocycles. The molecular formula is C22H24N8O3S. The first-order valence-electron chi connectivity index (χ1n) is 10.9. The molecule has 0 N–H and O–H groups in total. The van der Waals surface area contributed by atoms with E-state index in [1.165, 1.54) is 27.4 Å². The van der Waals surface area contributed by atoms with Gasteiger partial charge >= 0.3 is 0 Å². The Bertz CT molecular complexity index is 1230. The number of sulfonamides is 1. The SMILES string of the molecule is N#CCCN(Cc1cccnc1)C(=O)C1CCN(S(=O)(=O)c2ccc(-n3cnnn3)cc2)CC1. The Labute approximate surface area is 197 Å². The summed E-state index contributed by atoms with van der Waals surface area (Å²) in [5.41, 5.74) is 1.54. The second-order valence-corrected chi connectivity index (χ2v) is 9.89. The summed E-state index contributed by atoms with van der Waals surface area (Å²) in [5.74, 6) is -0.342. The van der Waals surface area contributed by atoms with Gasteiger partial charge in [-0.25, -0.2) is 13.1 Å². The Morgan fingerprint density at radius 1 is 1.18 bits per heavy atom. The standard InChI is InChI=1S/C22H24N8O3S/c23-10-2-12-28(16-18-3-1-11-24-15-18)22(31)19-8-13-29(14-9-19)34(32,33)21-6-4-20(5-7-21)30-17-25-26-27-30/h1,3-7,11,15,17,19H,2,8-9,12-14,16H2. The molecule has 1 amide bonds. The number of pyridine rings is 1. The van der Waals surface area contributed by atoms with Crippen LogP contribution in [0.15, 0.2) is 60.0 Å². The van der Waals surface area contributed by atoms with Crippen LogP contribution in [0.5, 0.6) is 0 Å². The van der Waals surface area contributed by atoms with Gasteiger partial charge in [0.25, 0.3) is 0 Å². The molecule has 3 heterocycles. The lowest BCUT2D eigenvalue weighted by Crippen LogP contribution is -2.44. The second-order valence-electron chi connectivity index (χ2n) is 7.96. The largest absolute Gasteiger partial charge is 0.337 e. The fourth-order valence-corrected chi connectivity index (χ4v) is 5.43. The van der Waals surface area contributed by atoms with Crippen LogP contribution in [-0.2, 0) is 21.4 Å². The summed E-state index contributed by atoms with van der Waals surface area (Å²) in [6.45, 7) is 1.22. The minimum atomic E-state index is -3.68. The molecule has 11 nitrogen and oxygen atoms in total. The maximum absolute atomic E-state index is 13.2. The van der Waals surface area contributed by atoms with Gasteiger partial charge in [-0.05, 0) is 59.2 Å². The number of nitriles is 1. The molecule has 0 spiro atoms. The van der Waals surface area contributed by atoms with Gasteiger partial charge in [-0.1, -0.05) is 6.07 Å². The van der Waals surface area contributed by atoms with Crippen LogP contribution in [0.1, 0.15) is 24.8 Å². The number of hydrogen-bond acceptors (Lipinski definition) is 8. The number of rotatable bonds is 8. The van der Waals surface area contributed by atoms with Crippen LogP contribution in [0, 0.1) is 17.2 Å². The highest BCUT2D eigenvalue weighted by atomic mass is 32.2. The van der Waals surface area contributed by atoms with E-state index >= 15 is 0 Å². The topological polar surface area (TPSA) is 138 Å². The number of piperidine rings is 1. The molecule has 3 aromatic rings. The fourth-order valence-electron chi connectivity index (χ4n) is 3.96. The van der Waals surface area contributed by atoms with Gasteiger partial charge in [0.15, 0.2) is 0 Å². The number of aromatic nitrogens is 5. The van der Waals surface area contributed by atoms with E-state index in [0.29, 0.717) is 31.6 Å². The summed E-state index contributed by atoms with van der Waals surface area (Å²) in [6, 6.07) is 12.1. The Hall–Kier alpha value is -3.69. The van der Waals surface area contributed by atoms with Gasteiger partial charge in [0.2, 0.25) is 15.9 Å². The van der Waals surface area contributed by atoms with Crippen molar-refractivity contribution in [3.8, 4) is 11.8 Å². The third-order valence-corrected chi connectivity index (χ3v) is 7.71. The molecule has 0 unspecified atom stereocenters. The molecule has 0 atom stereocenters. The van der Waals surface area contributed by atoms with E-state index in [0.717, 1.165) is 5.56 Å². The number of hydrogen-bond donors (Lipinski definition) is 0. The minimum absolute atomic E-state index is 0.0538. The van der Waals surface area contributed by atoms with Crippen molar-refractivity contribution in [2.24, 2.45) is 5.92 Å². The van der Waals surface area contributed by atoms with Gasteiger partial charge in [0.05, 0.1) is 23.1 Å². The van der Waals surface area contributed by atoms with Crippen molar-refractivity contribution >= 4 is 15.9 Å². The Kier molecular flexibility index (Phi) is 7.24. The zero-order valence-electron chi connectivity index (χ0n) is 18.4. The van der Waals surface area contributed by atoms with Gasteiger partial charge in [-0.3, -0.25) is 9.78 Å². The molecule has 0 radical (unpaired) electrons. The Balaban J connectivity index is 1.40. The van der Waals surface area contributed by atoms with E-state index in [4.69, 9.17) is 5.26 Å². The summed E-state index contributed by atoms with van der Waals surface area (Å²) in [7, 11) is -3.68. The molecule has 0 aliphatic carbocycles. The lowest BCUT2D eigenvalue weighted by Gasteiger charge is -2.33. The van der Waals surface area contributed by atoms with E-state index in [-0.39, 0.29) is 36.2 Å². The van der Waals surface area contributed by atoms with Crippen LogP contribution < -0.4 is 0 Å². The molecule has 1 aliphatic rings. The second kappa shape index (κ2) is 10.5. The van der Waals surface area contributed by atoms with Crippen molar-refractivity contribution in [2.75, 3.05) is 19.6 Å². The molecule has 34 heavy (non-hydrogen) atoms. The molecule has 1 aliphatic heterocycles. The maximum atomic E-state index is 13.2. The van der Waals surface area contributed by atoms with Crippen molar-refractivity contribution in [3.63, 3.8) is 0 Å². The van der Waals surface area contributed by atoms with Gasteiger partial charge < -0.3 is 4.90 Å². The molecule has 176 valence electrons. The van der Waals surface area contributed by atoms with Crippen molar-refractivity contribution in [1.82, 2.24) is 34.4 Å². The molecule has 2 aromatic heterocycles. The first kappa shape index (κ1) is 23.5. The molecule has 1 aromatic carbocycles. The number of carbonyl (C=O) groups is 1.